The molecule has 0 saturated carbocycles. The summed E-state index contributed by atoms with van der Waals surface area (Å²) in [5, 5.41) is 14.4. The Balaban J connectivity index is 1.25. The van der Waals surface area contributed by atoms with Crippen molar-refractivity contribution >= 4 is 76.4 Å². The zero-order valence-corrected chi connectivity index (χ0v) is 29.0. The van der Waals surface area contributed by atoms with Crippen LogP contribution in [0.3, 0.4) is 0 Å². The molecule has 52 heavy (non-hydrogen) atoms. The number of thiophene rings is 1. The molecule has 0 fully saturated rings. The summed E-state index contributed by atoms with van der Waals surface area (Å²) in [4.78, 5) is 1.28. The first-order chi connectivity index (χ1) is 25.8. The summed E-state index contributed by atoms with van der Waals surface area (Å²) in [5.74, 6) is 0. The highest BCUT2D eigenvalue weighted by Gasteiger charge is 2.23. The Bertz CT molecular complexity index is 3050. The van der Waals surface area contributed by atoms with Crippen LogP contribution < -0.4 is 0 Å². The van der Waals surface area contributed by atoms with Gasteiger partial charge in [0.25, 0.3) is 0 Å². The Labute approximate surface area is 304 Å². The SMILES string of the molecule is c1ccc(-c2c3ccccc3c(-c3cccc4oc5c(-c6c7ccccc7c(-c7cccs7)c7ccccc67)cccc5c34)c3ccccc23)cc1. The molecule has 9 aromatic carbocycles. The van der Waals surface area contributed by atoms with E-state index < -0.39 is 0 Å². The molecule has 0 bridgehead atoms. The Morgan fingerprint density at radius 1 is 0.327 bits per heavy atom. The van der Waals surface area contributed by atoms with Gasteiger partial charge in [0, 0.05) is 32.3 Å². The van der Waals surface area contributed by atoms with E-state index in [0.29, 0.717) is 0 Å². The van der Waals surface area contributed by atoms with Gasteiger partial charge in [0.2, 0.25) is 0 Å². The molecular weight excluding hydrogens is 649 g/mol. The highest BCUT2D eigenvalue weighted by molar-refractivity contribution is 7.13. The summed E-state index contributed by atoms with van der Waals surface area (Å²) >= 11 is 1.79. The van der Waals surface area contributed by atoms with Crippen molar-refractivity contribution < 1.29 is 4.42 Å². The van der Waals surface area contributed by atoms with E-state index in [9.17, 15) is 0 Å². The third-order valence-corrected chi connectivity index (χ3v) is 11.6. The number of hydrogen-bond donors (Lipinski definition) is 0. The molecule has 0 spiro atoms. The second-order valence-corrected chi connectivity index (χ2v) is 14.4. The van der Waals surface area contributed by atoms with Crippen LogP contribution in [0.5, 0.6) is 0 Å². The Morgan fingerprint density at radius 3 is 1.35 bits per heavy atom. The highest BCUT2D eigenvalue weighted by atomic mass is 32.1. The fourth-order valence-corrected chi connectivity index (χ4v) is 9.49. The van der Waals surface area contributed by atoms with Crippen molar-refractivity contribution in [2.45, 2.75) is 0 Å². The lowest BCUT2D eigenvalue weighted by molar-refractivity contribution is 0.670. The van der Waals surface area contributed by atoms with Crippen LogP contribution in [-0.4, -0.2) is 0 Å². The van der Waals surface area contributed by atoms with E-state index >= 15 is 0 Å². The number of fused-ring (bicyclic) bond motifs is 7. The largest absolute Gasteiger partial charge is 0.455 e. The maximum absolute atomic E-state index is 7.02. The number of furan rings is 1. The fourth-order valence-electron chi connectivity index (χ4n) is 8.69. The molecule has 11 aromatic rings. The van der Waals surface area contributed by atoms with Crippen LogP contribution in [0.2, 0.25) is 0 Å². The number of para-hydroxylation sites is 1. The first kappa shape index (κ1) is 29.3. The van der Waals surface area contributed by atoms with Crippen molar-refractivity contribution in [1.82, 2.24) is 0 Å². The maximum atomic E-state index is 7.02. The van der Waals surface area contributed by atoms with Crippen LogP contribution in [0, 0.1) is 0 Å². The van der Waals surface area contributed by atoms with E-state index in [1.54, 1.807) is 11.3 Å². The topological polar surface area (TPSA) is 13.1 Å². The van der Waals surface area contributed by atoms with E-state index in [2.05, 4.69) is 181 Å². The summed E-state index contributed by atoms with van der Waals surface area (Å²) in [6.07, 6.45) is 0. The van der Waals surface area contributed by atoms with E-state index in [-0.39, 0.29) is 0 Å². The first-order valence-electron chi connectivity index (χ1n) is 17.8. The molecule has 0 N–H and O–H groups in total. The van der Waals surface area contributed by atoms with Crippen molar-refractivity contribution in [3.05, 3.63) is 181 Å². The summed E-state index contributed by atoms with van der Waals surface area (Å²) in [6.45, 7) is 0. The number of rotatable bonds is 4. The zero-order chi connectivity index (χ0) is 34.2. The van der Waals surface area contributed by atoms with Gasteiger partial charge in [-0.25, -0.2) is 0 Å². The predicted octanol–water partition coefficient (Wildman–Crippen LogP) is 14.9. The average molecular weight is 679 g/mol. The quantitative estimate of drug-likeness (QED) is 0.169. The number of hydrogen-bond acceptors (Lipinski definition) is 2. The molecule has 0 amide bonds. The van der Waals surface area contributed by atoms with Gasteiger partial charge in [0.1, 0.15) is 11.2 Å². The third kappa shape index (κ3) is 4.22. The molecule has 0 saturated heterocycles. The molecule has 2 heteroatoms. The van der Waals surface area contributed by atoms with Crippen molar-refractivity contribution in [3.63, 3.8) is 0 Å². The van der Waals surface area contributed by atoms with Gasteiger partial charge in [-0.05, 0) is 82.9 Å². The third-order valence-electron chi connectivity index (χ3n) is 10.8. The van der Waals surface area contributed by atoms with E-state index in [4.69, 9.17) is 4.42 Å². The van der Waals surface area contributed by atoms with Crippen LogP contribution in [0.1, 0.15) is 0 Å². The van der Waals surface area contributed by atoms with Gasteiger partial charge in [-0.2, -0.15) is 0 Å². The van der Waals surface area contributed by atoms with Gasteiger partial charge >= 0.3 is 0 Å². The average Bonchev–Trinajstić information content (AvgIpc) is 3.88. The van der Waals surface area contributed by atoms with Crippen LogP contribution in [-0.2, 0) is 0 Å². The minimum atomic E-state index is 0.893. The molecule has 0 unspecified atom stereocenters. The van der Waals surface area contributed by atoms with Gasteiger partial charge in [-0.1, -0.05) is 164 Å². The summed E-state index contributed by atoms with van der Waals surface area (Å²) in [5.41, 5.74) is 10.3. The Hall–Kier alpha value is -6.48. The lowest BCUT2D eigenvalue weighted by Crippen LogP contribution is -1.91. The molecular formula is C50H30OS. The molecule has 2 aromatic heterocycles. The van der Waals surface area contributed by atoms with Crippen LogP contribution in [0.4, 0.5) is 0 Å². The molecule has 0 aliphatic carbocycles. The van der Waals surface area contributed by atoms with Crippen molar-refractivity contribution in [2.75, 3.05) is 0 Å². The van der Waals surface area contributed by atoms with E-state index in [1.165, 1.54) is 81.3 Å². The lowest BCUT2D eigenvalue weighted by Gasteiger charge is -2.18. The monoisotopic (exact) mass is 678 g/mol. The zero-order valence-electron chi connectivity index (χ0n) is 28.1. The second-order valence-electron chi connectivity index (χ2n) is 13.5. The van der Waals surface area contributed by atoms with Crippen molar-refractivity contribution in [1.29, 1.82) is 0 Å². The van der Waals surface area contributed by atoms with Gasteiger partial charge in [0.15, 0.2) is 0 Å². The summed E-state index contributed by atoms with van der Waals surface area (Å²) < 4.78 is 7.02. The lowest BCUT2D eigenvalue weighted by atomic mass is 9.84. The van der Waals surface area contributed by atoms with Crippen molar-refractivity contribution in [3.8, 4) is 43.8 Å². The highest BCUT2D eigenvalue weighted by Crippen LogP contribution is 2.50. The molecule has 11 rings (SSSR count). The van der Waals surface area contributed by atoms with Crippen molar-refractivity contribution in [2.24, 2.45) is 0 Å². The van der Waals surface area contributed by atoms with Crippen LogP contribution in [0.25, 0.3) is 109 Å². The van der Waals surface area contributed by atoms with E-state index in [0.717, 1.165) is 27.5 Å². The number of benzene rings is 9. The first-order valence-corrected chi connectivity index (χ1v) is 18.6. The molecule has 2 heterocycles. The Kier molecular flexibility index (Phi) is 6.49. The normalized spacial score (nSPS) is 11.8. The molecule has 0 aliphatic rings. The molecule has 0 aliphatic heterocycles. The molecule has 1 nitrogen and oxygen atoms in total. The van der Waals surface area contributed by atoms with Gasteiger partial charge in [-0.15, -0.1) is 11.3 Å². The molecule has 0 radical (unpaired) electrons. The van der Waals surface area contributed by atoms with Crippen LogP contribution in [0.15, 0.2) is 186 Å². The van der Waals surface area contributed by atoms with Crippen LogP contribution >= 0.6 is 11.3 Å². The smallest absolute Gasteiger partial charge is 0.143 e. The predicted molar refractivity (Wildman–Crippen MR) is 223 cm³/mol. The van der Waals surface area contributed by atoms with Gasteiger partial charge in [0.05, 0.1) is 0 Å². The molecule has 0 atom stereocenters. The second kappa shape index (κ2) is 11.5. The van der Waals surface area contributed by atoms with E-state index in [1.807, 2.05) is 0 Å². The summed E-state index contributed by atoms with van der Waals surface area (Å²) in [7, 11) is 0. The fraction of sp³-hybridized carbons (Fsp3) is 0. The minimum absolute atomic E-state index is 0.893. The molecule has 242 valence electrons. The van der Waals surface area contributed by atoms with Gasteiger partial charge < -0.3 is 4.42 Å². The Morgan fingerprint density at radius 2 is 0.788 bits per heavy atom. The standard InChI is InChI=1S/C50H30OS/c1-2-15-31(16-3-1)45-32-17-4-6-19-34(32)46(35-20-7-5-18-33(35)45)40-25-13-28-43-48(40)42-27-12-26-41(50(42)51-43)47-36-21-8-10-23-38(36)49(44-29-14-30-52-44)39-24-11-9-22-37(39)47/h1-30H. The maximum Gasteiger partial charge on any atom is 0.143 e. The summed E-state index contributed by atoms with van der Waals surface area (Å²) in [6, 6.07) is 63.9. The minimum Gasteiger partial charge on any atom is -0.455 e. The van der Waals surface area contributed by atoms with Gasteiger partial charge in [-0.3, -0.25) is 0 Å².